The number of hydrogen-bond donors (Lipinski definition) is 2. The first-order valence-corrected chi connectivity index (χ1v) is 11.8. The number of carbonyl (C=O) groups excluding carboxylic acids is 2. The van der Waals surface area contributed by atoms with Crippen LogP contribution < -0.4 is 15.4 Å². The summed E-state index contributed by atoms with van der Waals surface area (Å²) in [5.41, 5.74) is 2.09. The van der Waals surface area contributed by atoms with Gasteiger partial charge in [0.25, 0.3) is 0 Å². The second-order valence-corrected chi connectivity index (χ2v) is 8.64. The lowest BCUT2D eigenvalue weighted by atomic mass is 10.1. The Hall–Kier alpha value is -3.40. The third-order valence-corrected chi connectivity index (χ3v) is 6.12. The summed E-state index contributed by atoms with van der Waals surface area (Å²) in [7, 11) is 1.59. The molecular formula is C24H28FN5O3S. The first-order valence-electron chi connectivity index (χ1n) is 10.8. The number of nitrogens with zero attached hydrogens (tertiary/aromatic N) is 3. The van der Waals surface area contributed by atoms with E-state index in [9.17, 15) is 14.0 Å². The van der Waals surface area contributed by atoms with E-state index in [1.807, 2.05) is 42.7 Å². The van der Waals surface area contributed by atoms with E-state index in [2.05, 4.69) is 20.8 Å². The van der Waals surface area contributed by atoms with E-state index >= 15 is 0 Å². The summed E-state index contributed by atoms with van der Waals surface area (Å²) in [6.07, 6.45) is 0.232. The van der Waals surface area contributed by atoms with Crippen LogP contribution in [0.25, 0.3) is 0 Å². The molecule has 0 saturated heterocycles. The van der Waals surface area contributed by atoms with Crippen molar-refractivity contribution >= 4 is 29.3 Å². The fourth-order valence-corrected chi connectivity index (χ4v) is 4.16. The van der Waals surface area contributed by atoms with Crippen molar-refractivity contribution in [1.29, 1.82) is 0 Å². The van der Waals surface area contributed by atoms with Crippen molar-refractivity contribution in [3.8, 4) is 5.75 Å². The van der Waals surface area contributed by atoms with Crippen LogP contribution in [0.2, 0.25) is 0 Å². The predicted octanol–water partition coefficient (Wildman–Crippen LogP) is 3.90. The van der Waals surface area contributed by atoms with Gasteiger partial charge in [-0.3, -0.25) is 9.59 Å². The van der Waals surface area contributed by atoms with Crippen LogP contribution in [-0.2, 0) is 22.6 Å². The minimum Gasteiger partial charge on any atom is -0.497 e. The van der Waals surface area contributed by atoms with E-state index in [0.717, 1.165) is 16.9 Å². The molecule has 1 atom stereocenters. The summed E-state index contributed by atoms with van der Waals surface area (Å²) in [5, 5.41) is 14.7. The molecule has 0 aliphatic carbocycles. The largest absolute Gasteiger partial charge is 0.497 e. The topological polar surface area (TPSA) is 98.1 Å². The van der Waals surface area contributed by atoms with E-state index in [1.165, 1.54) is 23.9 Å². The van der Waals surface area contributed by atoms with E-state index in [4.69, 9.17) is 4.74 Å². The van der Waals surface area contributed by atoms with Crippen LogP contribution in [0.15, 0.2) is 47.6 Å². The number of aryl methyl sites for hydroxylation is 1. The molecule has 34 heavy (non-hydrogen) atoms. The number of anilines is 1. The Morgan fingerprint density at radius 3 is 2.56 bits per heavy atom. The van der Waals surface area contributed by atoms with E-state index < -0.39 is 5.82 Å². The van der Waals surface area contributed by atoms with Crippen molar-refractivity contribution in [2.45, 2.75) is 44.9 Å². The molecule has 0 unspecified atom stereocenters. The zero-order valence-electron chi connectivity index (χ0n) is 19.6. The van der Waals surface area contributed by atoms with Crippen molar-refractivity contribution in [1.82, 2.24) is 20.1 Å². The standard InChI is InChI=1S/C24H28FN5O3S/c1-5-30-23(16(3)26-21(31)12-17-7-10-19(33-4)11-8-17)28-29-24(30)34-14-22(32)27-20-13-18(25)9-6-15(20)2/h6-11,13,16H,5,12,14H2,1-4H3,(H,26,31)(H,27,32)/t16-/m1/s1. The van der Waals surface area contributed by atoms with Gasteiger partial charge in [0.15, 0.2) is 11.0 Å². The van der Waals surface area contributed by atoms with E-state index in [1.54, 1.807) is 20.1 Å². The number of hydrogen-bond acceptors (Lipinski definition) is 6. The molecule has 0 aliphatic rings. The minimum absolute atomic E-state index is 0.0896. The molecule has 0 saturated carbocycles. The summed E-state index contributed by atoms with van der Waals surface area (Å²) in [5.74, 6) is 0.612. The third-order valence-electron chi connectivity index (χ3n) is 5.16. The summed E-state index contributed by atoms with van der Waals surface area (Å²) < 4.78 is 20.5. The molecule has 0 aliphatic heterocycles. The van der Waals surface area contributed by atoms with Crippen molar-refractivity contribution in [3.63, 3.8) is 0 Å². The number of amides is 2. The van der Waals surface area contributed by atoms with Crippen LogP contribution in [-0.4, -0.2) is 39.4 Å². The van der Waals surface area contributed by atoms with Crippen LogP contribution in [0.3, 0.4) is 0 Å². The second-order valence-electron chi connectivity index (χ2n) is 7.70. The van der Waals surface area contributed by atoms with E-state index in [0.29, 0.717) is 23.2 Å². The molecule has 8 nitrogen and oxygen atoms in total. The lowest BCUT2D eigenvalue weighted by Crippen LogP contribution is -2.30. The highest BCUT2D eigenvalue weighted by Crippen LogP contribution is 2.22. The summed E-state index contributed by atoms with van der Waals surface area (Å²) in [4.78, 5) is 24.9. The third kappa shape index (κ3) is 6.57. The Morgan fingerprint density at radius 1 is 1.15 bits per heavy atom. The normalized spacial score (nSPS) is 11.7. The van der Waals surface area contributed by atoms with Gasteiger partial charge in [-0.2, -0.15) is 0 Å². The quantitative estimate of drug-likeness (QED) is 0.423. The Bertz CT molecular complexity index is 1150. The highest BCUT2D eigenvalue weighted by Gasteiger charge is 2.20. The van der Waals surface area contributed by atoms with Gasteiger partial charge in [0.2, 0.25) is 11.8 Å². The molecule has 0 radical (unpaired) electrons. The van der Waals surface area contributed by atoms with E-state index in [-0.39, 0.29) is 30.0 Å². The Balaban J connectivity index is 1.58. The lowest BCUT2D eigenvalue weighted by Gasteiger charge is -2.15. The van der Waals surface area contributed by atoms with Crippen LogP contribution in [0.5, 0.6) is 5.75 Å². The minimum atomic E-state index is -0.410. The molecule has 180 valence electrons. The number of ether oxygens (including phenoxy) is 1. The van der Waals surface area contributed by atoms with Crippen LogP contribution >= 0.6 is 11.8 Å². The van der Waals surface area contributed by atoms with Gasteiger partial charge in [0, 0.05) is 12.2 Å². The highest BCUT2D eigenvalue weighted by molar-refractivity contribution is 7.99. The fraction of sp³-hybridized carbons (Fsp3) is 0.333. The number of rotatable bonds is 10. The number of thioether (sulfide) groups is 1. The fourth-order valence-electron chi connectivity index (χ4n) is 3.36. The molecule has 2 amide bonds. The molecule has 3 rings (SSSR count). The molecule has 0 bridgehead atoms. The molecule has 1 aromatic heterocycles. The average molecular weight is 486 g/mol. The molecule has 10 heteroatoms. The van der Waals surface area contributed by atoms with Gasteiger partial charge in [0.1, 0.15) is 11.6 Å². The summed E-state index contributed by atoms with van der Waals surface area (Å²) in [6, 6.07) is 11.2. The maximum Gasteiger partial charge on any atom is 0.234 e. The van der Waals surface area contributed by atoms with Gasteiger partial charge in [-0.25, -0.2) is 4.39 Å². The SMILES string of the molecule is CCn1c(SCC(=O)Nc2cc(F)ccc2C)nnc1[C@@H](C)NC(=O)Cc1ccc(OC)cc1. The van der Waals surface area contributed by atoms with Gasteiger partial charge in [-0.05, 0) is 56.2 Å². The Labute approximate surface area is 202 Å². The van der Waals surface area contributed by atoms with Crippen molar-refractivity contribution < 1.29 is 18.7 Å². The molecular weight excluding hydrogens is 457 g/mol. The maximum absolute atomic E-state index is 13.5. The smallest absolute Gasteiger partial charge is 0.234 e. The zero-order chi connectivity index (χ0) is 24.7. The molecule has 0 fully saturated rings. The number of methoxy groups -OCH3 is 1. The van der Waals surface area contributed by atoms with Crippen molar-refractivity contribution in [3.05, 3.63) is 65.2 Å². The lowest BCUT2D eigenvalue weighted by molar-refractivity contribution is -0.121. The number of halogens is 1. The monoisotopic (exact) mass is 485 g/mol. The predicted molar refractivity (Wildman–Crippen MR) is 129 cm³/mol. The van der Waals surface area contributed by atoms with Gasteiger partial charge in [0.05, 0.1) is 25.3 Å². The second kappa shape index (κ2) is 11.6. The highest BCUT2D eigenvalue weighted by atomic mass is 32.2. The first kappa shape index (κ1) is 25.2. The zero-order valence-corrected chi connectivity index (χ0v) is 20.4. The maximum atomic E-state index is 13.5. The van der Waals surface area contributed by atoms with Crippen molar-refractivity contribution in [2.24, 2.45) is 0 Å². The Morgan fingerprint density at radius 2 is 1.88 bits per heavy atom. The molecule has 0 spiro atoms. The van der Waals surface area contributed by atoms with Crippen LogP contribution in [0, 0.1) is 12.7 Å². The average Bonchev–Trinajstić information content (AvgIpc) is 3.23. The van der Waals surface area contributed by atoms with Gasteiger partial charge >= 0.3 is 0 Å². The van der Waals surface area contributed by atoms with Crippen LogP contribution in [0.4, 0.5) is 10.1 Å². The molecule has 1 heterocycles. The summed E-state index contributed by atoms with van der Waals surface area (Å²) >= 11 is 1.23. The number of nitrogens with one attached hydrogen (secondary N) is 2. The molecule has 2 aromatic carbocycles. The van der Waals surface area contributed by atoms with Gasteiger partial charge < -0.3 is 19.9 Å². The number of carbonyl (C=O) groups is 2. The molecule has 3 aromatic rings. The van der Waals surface area contributed by atoms with Crippen LogP contribution in [0.1, 0.15) is 36.8 Å². The number of aromatic nitrogens is 3. The van der Waals surface area contributed by atoms with Crippen molar-refractivity contribution in [2.75, 3.05) is 18.2 Å². The van der Waals surface area contributed by atoms with Gasteiger partial charge in [-0.15, -0.1) is 10.2 Å². The molecule has 2 N–H and O–H groups in total. The first-order chi connectivity index (χ1) is 16.3. The summed E-state index contributed by atoms with van der Waals surface area (Å²) in [6.45, 7) is 6.16. The number of benzene rings is 2. The van der Waals surface area contributed by atoms with Gasteiger partial charge in [-0.1, -0.05) is 30.0 Å². The Kier molecular flexibility index (Phi) is 8.64.